The molecule has 7 heteroatoms. The Hall–Kier alpha value is -1.60. The topological polar surface area (TPSA) is 60.5 Å². The molecule has 0 aliphatic carbocycles. The normalized spacial score (nSPS) is 11.1. The maximum Gasteiger partial charge on any atom is 0.407 e. The van der Waals surface area contributed by atoms with Gasteiger partial charge in [-0.1, -0.05) is 15.9 Å². The van der Waals surface area contributed by atoms with Crippen LogP contribution in [0.25, 0.3) is 0 Å². The lowest BCUT2D eigenvalue weighted by molar-refractivity contribution is 0.0523. The average Bonchev–Trinajstić information content (AvgIpc) is 2.95. The van der Waals surface area contributed by atoms with Gasteiger partial charge in [0.15, 0.2) is 0 Å². The van der Waals surface area contributed by atoms with Gasteiger partial charge in [0.25, 0.3) is 0 Å². The third kappa shape index (κ3) is 6.19. The van der Waals surface area contributed by atoms with Gasteiger partial charge < -0.3 is 14.8 Å². The SMILES string of the molecule is CC(C)(C)OC(=O)NCc1cc(Br)ccc1OCc1cncs1. The minimum absolute atomic E-state index is 0.326. The van der Waals surface area contributed by atoms with Crippen molar-refractivity contribution in [1.82, 2.24) is 10.3 Å². The van der Waals surface area contributed by atoms with E-state index in [1.54, 1.807) is 23.0 Å². The van der Waals surface area contributed by atoms with E-state index in [-0.39, 0.29) is 0 Å². The molecule has 0 saturated carbocycles. The van der Waals surface area contributed by atoms with E-state index in [2.05, 4.69) is 26.2 Å². The highest BCUT2D eigenvalue weighted by Crippen LogP contribution is 2.24. The molecule has 0 spiro atoms. The Balaban J connectivity index is 1.99. The Kier molecular flexibility index (Phi) is 6.01. The predicted octanol–water partition coefficient (Wildman–Crippen LogP) is 4.51. The molecule has 0 radical (unpaired) electrons. The highest BCUT2D eigenvalue weighted by Gasteiger charge is 2.16. The molecular formula is C16H19BrN2O3S. The largest absolute Gasteiger partial charge is 0.488 e. The highest BCUT2D eigenvalue weighted by atomic mass is 79.9. The molecule has 0 bridgehead atoms. The molecule has 0 fully saturated rings. The quantitative estimate of drug-likeness (QED) is 0.804. The van der Waals surface area contributed by atoms with Crippen molar-refractivity contribution in [3.8, 4) is 5.75 Å². The summed E-state index contributed by atoms with van der Waals surface area (Å²) in [7, 11) is 0. The summed E-state index contributed by atoms with van der Waals surface area (Å²) in [5.74, 6) is 0.720. The number of hydrogen-bond acceptors (Lipinski definition) is 5. The molecule has 124 valence electrons. The number of hydrogen-bond donors (Lipinski definition) is 1. The van der Waals surface area contributed by atoms with Gasteiger partial charge in [-0.3, -0.25) is 4.98 Å². The molecule has 0 aliphatic heterocycles. The lowest BCUT2D eigenvalue weighted by Crippen LogP contribution is -2.32. The van der Waals surface area contributed by atoms with Crippen molar-refractivity contribution >= 4 is 33.4 Å². The number of rotatable bonds is 5. The minimum atomic E-state index is -0.521. The van der Waals surface area contributed by atoms with Crippen molar-refractivity contribution in [3.63, 3.8) is 0 Å². The number of carbonyl (C=O) groups excluding carboxylic acids is 1. The fraction of sp³-hybridized carbons (Fsp3) is 0.375. The summed E-state index contributed by atoms with van der Waals surface area (Å²) in [5, 5.41) is 2.74. The monoisotopic (exact) mass is 398 g/mol. The second-order valence-corrected chi connectivity index (χ2v) is 7.75. The number of ether oxygens (including phenoxy) is 2. The summed E-state index contributed by atoms with van der Waals surface area (Å²) in [6.07, 6.45) is 1.33. The lowest BCUT2D eigenvalue weighted by Gasteiger charge is -2.20. The third-order valence-corrected chi connectivity index (χ3v) is 3.94. The zero-order valence-electron chi connectivity index (χ0n) is 13.3. The van der Waals surface area contributed by atoms with Crippen molar-refractivity contribution in [2.24, 2.45) is 0 Å². The number of halogens is 1. The maximum atomic E-state index is 11.8. The zero-order valence-corrected chi connectivity index (χ0v) is 15.7. The van der Waals surface area contributed by atoms with E-state index < -0.39 is 11.7 Å². The second kappa shape index (κ2) is 7.79. The molecule has 23 heavy (non-hydrogen) atoms. The van der Waals surface area contributed by atoms with E-state index in [4.69, 9.17) is 9.47 Å². The fourth-order valence-electron chi connectivity index (χ4n) is 1.77. The summed E-state index contributed by atoms with van der Waals surface area (Å²) < 4.78 is 12.0. The van der Waals surface area contributed by atoms with Crippen LogP contribution in [0.3, 0.4) is 0 Å². The van der Waals surface area contributed by atoms with Crippen molar-refractivity contribution in [2.45, 2.75) is 39.5 Å². The number of aromatic nitrogens is 1. The summed E-state index contributed by atoms with van der Waals surface area (Å²) in [6, 6.07) is 5.69. The first-order valence-electron chi connectivity index (χ1n) is 7.09. The van der Waals surface area contributed by atoms with Crippen LogP contribution in [-0.4, -0.2) is 16.7 Å². The Bertz CT molecular complexity index is 654. The average molecular weight is 399 g/mol. The molecule has 1 aromatic heterocycles. The zero-order chi connectivity index (χ0) is 16.9. The van der Waals surface area contributed by atoms with Gasteiger partial charge >= 0.3 is 6.09 Å². The Morgan fingerprint density at radius 2 is 2.17 bits per heavy atom. The van der Waals surface area contributed by atoms with Crippen LogP contribution in [0, 0.1) is 0 Å². The Morgan fingerprint density at radius 1 is 1.39 bits per heavy atom. The van der Waals surface area contributed by atoms with Gasteiger partial charge in [0.1, 0.15) is 18.0 Å². The molecule has 0 unspecified atom stereocenters. The van der Waals surface area contributed by atoms with Gasteiger partial charge in [-0.15, -0.1) is 11.3 Å². The number of benzene rings is 1. The van der Waals surface area contributed by atoms with Crippen molar-refractivity contribution in [3.05, 3.63) is 44.8 Å². The smallest absolute Gasteiger partial charge is 0.407 e. The van der Waals surface area contributed by atoms with Gasteiger partial charge in [0.2, 0.25) is 0 Å². The summed E-state index contributed by atoms with van der Waals surface area (Å²) in [6.45, 7) is 6.26. The third-order valence-electron chi connectivity index (χ3n) is 2.70. The van der Waals surface area contributed by atoms with E-state index in [9.17, 15) is 4.79 Å². The van der Waals surface area contributed by atoms with Gasteiger partial charge in [0.05, 0.1) is 10.4 Å². The van der Waals surface area contributed by atoms with Crippen LogP contribution >= 0.6 is 27.3 Å². The fourth-order valence-corrected chi connectivity index (χ4v) is 2.69. The van der Waals surface area contributed by atoms with E-state index in [1.807, 2.05) is 39.0 Å². The molecule has 5 nitrogen and oxygen atoms in total. The number of alkyl carbamates (subject to hydrolysis) is 1. The van der Waals surface area contributed by atoms with Gasteiger partial charge in [-0.25, -0.2) is 4.79 Å². The molecule has 0 aliphatic rings. The van der Waals surface area contributed by atoms with Gasteiger partial charge in [-0.2, -0.15) is 0 Å². The molecule has 1 heterocycles. The molecule has 2 aromatic rings. The summed E-state index contributed by atoms with van der Waals surface area (Å²) >= 11 is 4.98. The molecular weight excluding hydrogens is 380 g/mol. The first-order chi connectivity index (χ1) is 10.8. The van der Waals surface area contributed by atoms with E-state index in [0.29, 0.717) is 13.2 Å². The first kappa shape index (κ1) is 17.7. The van der Waals surface area contributed by atoms with Crippen LogP contribution in [0.2, 0.25) is 0 Å². The Morgan fingerprint density at radius 3 is 2.83 bits per heavy atom. The lowest BCUT2D eigenvalue weighted by atomic mass is 10.2. The number of thiazole rings is 1. The van der Waals surface area contributed by atoms with Crippen molar-refractivity contribution in [2.75, 3.05) is 0 Å². The van der Waals surface area contributed by atoms with Crippen LogP contribution in [0.5, 0.6) is 5.75 Å². The molecule has 0 saturated heterocycles. The summed E-state index contributed by atoms with van der Waals surface area (Å²) in [5.41, 5.74) is 2.12. The van der Waals surface area contributed by atoms with E-state index >= 15 is 0 Å². The van der Waals surface area contributed by atoms with Crippen LogP contribution in [0.15, 0.2) is 34.4 Å². The minimum Gasteiger partial charge on any atom is -0.488 e. The molecule has 1 N–H and O–H groups in total. The molecule has 1 aromatic carbocycles. The standard InChI is InChI=1S/C16H19BrN2O3S/c1-16(2,3)22-15(20)19-7-11-6-12(17)4-5-14(11)21-9-13-8-18-10-23-13/h4-6,8,10H,7,9H2,1-3H3,(H,19,20). The van der Waals surface area contributed by atoms with E-state index in [0.717, 1.165) is 20.7 Å². The van der Waals surface area contributed by atoms with Crippen LogP contribution in [0.1, 0.15) is 31.2 Å². The van der Waals surface area contributed by atoms with Crippen LogP contribution in [-0.2, 0) is 17.9 Å². The number of nitrogens with zero attached hydrogens (tertiary/aromatic N) is 1. The molecule has 1 amide bonds. The first-order valence-corrected chi connectivity index (χ1v) is 8.76. The van der Waals surface area contributed by atoms with Crippen molar-refractivity contribution in [1.29, 1.82) is 0 Å². The Labute approximate surface area is 148 Å². The van der Waals surface area contributed by atoms with Crippen molar-refractivity contribution < 1.29 is 14.3 Å². The number of amides is 1. The summed E-state index contributed by atoms with van der Waals surface area (Å²) in [4.78, 5) is 16.8. The van der Waals surface area contributed by atoms with E-state index in [1.165, 1.54) is 0 Å². The second-order valence-electron chi connectivity index (χ2n) is 5.86. The van der Waals surface area contributed by atoms with Gasteiger partial charge in [0, 0.05) is 22.8 Å². The number of nitrogens with one attached hydrogen (secondary N) is 1. The van der Waals surface area contributed by atoms with Gasteiger partial charge in [-0.05, 0) is 39.0 Å². The number of carbonyl (C=O) groups is 1. The van der Waals surface area contributed by atoms with Crippen LogP contribution in [0.4, 0.5) is 4.79 Å². The maximum absolute atomic E-state index is 11.8. The highest BCUT2D eigenvalue weighted by molar-refractivity contribution is 9.10. The molecule has 2 rings (SSSR count). The van der Waals surface area contributed by atoms with Crippen LogP contribution < -0.4 is 10.1 Å². The predicted molar refractivity (Wildman–Crippen MR) is 93.7 cm³/mol. The molecule has 0 atom stereocenters.